The number of hydrogen-bond acceptors (Lipinski definition) is 4. The number of nitrogens with zero attached hydrogens (tertiary/aromatic N) is 3. The Bertz CT molecular complexity index is 944. The lowest BCUT2D eigenvalue weighted by Gasteiger charge is -2.43. The highest BCUT2D eigenvalue weighted by molar-refractivity contribution is 6.30. The molecule has 144 valence electrons. The Hall–Kier alpha value is -2.37. The van der Waals surface area contributed by atoms with E-state index >= 15 is 0 Å². The lowest BCUT2D eigenvalue weighted by atomic mass is 9.62. The van der Waals surface area contributed by atoms with Crippen molar-refractivity contribution in [2.24, 2.45) is 0 Å². The zero-order chi connectivity index (χ0) is 19.6. The van der Waals surface area contributed by atoms with Crippen LogP contribution in [0.2, 0.25) is 5.02 Å². The minimum absolute atomic E-state index is 0.0719. The van der Waals surface area contributed by atoms with Gasteiger partial charge in [0.15, 0.2) is 5.82 Å². The van der Waals surface area contributed by atoms with Crippen molar-refractivity contribution in [3.8, 4) is 11.3 Å². The largest absolute Gasteiger partial charge is 0.396 e. The predicted octanol–water partition coefficient (Wildman–Crippen LogP) is 4.53. The molecule has 2 aromatic carbocycles. The molecular weight excluding hydrogens is 377 g/mol. The van der Waals surface area contributed by atoms with Crippen molar-refractivity contribution >= 4 is 11.6 Å². The Balaban J connectivity index is 1.79. The highest BCUT2D eigenvalue weighted by atomic mass is 35.5. The third-order valence-electron chi connectivity index (χ3n) is 5.34. The molecule has 1 heterocycles. The topological polar surface area (TPSA) is 58.9 Å². The van der Waals surface area contributed by atoms with Gasteiger partial charge >= 0.3 is 0 Å². The molecule has 1 saturated carbocycles. The van der Waals surface area contributed by atoms with Gasteiger partial charge in [-0.1, -0.05) is 54.1 Å². The number of aliphatic hydroxyl groups is 1. The molecule has 1 aliphatic carbocycles. The van der Waals surface area contributed by atoms with E-state index in [-0.39, 0.29) is 6.61 Å². The Labute approximate surface area is 168 Å². The molecular formula is C22H21ClFN3O. The van der Waals surface area contributed by atoms with E-state index in [0.29, 0.717) is 42.2 Å². The van der Waals surface area contributed by atoms with Crippen LogP contribution in [0.3, 0.4) is 0 Å². The number of aryl methyl sites for hydroxylation is 1. The molecule has 0 unspecified atom stereocenters. The highest BCUT2D eigenvalue weighted by Crippen LogP contribution is 2.49. The summed E-state index contributed by atoms with van der Waals surface area (Å²) in [5.74, 6) is 0.538. The molecule has 0 radical (unpaired) electrons. The van der Waals surface area contributed by atoms with Crippen LogP contribution in [0.1, 0.15) is 36.3 Å². The van der Waals surface area contributed by atoms with Gasteiger partial charge in [-0.2, -0.15) is 0 Å². The molecule has 0 spiro atoms. The van der Waals surface area contributed by atoms with Crippen molar-refractivity contribution < 1.29 is 9.50 Å². The van der Waals surface area contributed by atoms with E-state index < -0.39 is 11.6 Å². The van der Waals surface area contributed by atoms with Crippen LogP contribution in [0.25, 0.3) is 11.3 Å². The Morgan fingerprint density at radius 2 is 1.75 bits per heavy atom. The monoisotopic (exact) mass is 397 g/mol. The smallest absolute Gasteiger partial charge is 0.161 e. The second-order valence-corrected chi connectivity index (χ2v) is 7.65. The van der Waals surface area contributed by atoms with Gasteiger partial charge in [0, 0.05) is 17.2 Å². The summed E-state index contributed by atoms with van der Waals surface area (Å²) in [7, 11) is 0. The summed E-state index contributed by atoms with van der Waals surface area (Å²) in [5, 5.41) is 18.8. The zero-order valence-corrected chi connectivity index (χ0v) is 16.1. The van der Waals surface area contributed by atoms with Crippen LogP contribution in [-0.2, 0) is 11.8 Å². The van der Waals surface area contributed by atoms with E-state index in [2.05, 4.69) is 10.2 Å². The van der Waals surface area contributed by atoms with Crippen LogP contribution in [0, 0.1) is 0 Å². The van der Waals surface area contributed by atoms with E-state index in [4.69, 9.17) is 16.6 Å². The second-order valence-electron chi connectivity index (χ2n) is 7.22. The first kappa shape index (κ1) is 19.0. The third kappa shape index (κ3) is 3.52. The summed E-state index contributed by atoms with van der Waals surface area (Å²) in [4.78, 5) is 4.83. The zero-order valence-electron chi connectivity index (χ0n) is 15.4. The quantitative estimate of drug-likeness (QED) is 0.663. The van der Waals surface area contributed by atoms with Crippen molar-refractivity contribution in [3.05, 3.63) is 76.7 Å². The molecule has 0 amide bonds. The predicted molar refractivity (Wildman–Crippen MR) is 107 cm³/mol. The average Bonchev–Trinajstić information content (AvgIpc) is 2.71. The van der Waals surface area contributed by atoms with Gasteiger partial charge < -0.3 is 5.11 Å². The number of aromatic nitrogens is 3. The van der Waals surface area contributed by atoms with Gasteiger partial charge in [-0.25, -0.2) is 9.37 Å². The average molecular weight is 398 g/mol. The molecule has 1 aliphatic rings. The van der Waals surface area contributed by atoms with Crippen LogP contribution < -0.4 is 0 Å². The summed E-state index contributed by atoms with van der Waals surface area (Å²) in [6.45, 7) is 0.0719. The van der Waals surface area contributed by atoms with Crippen molar-refractivity contribution in [1.82, 2.24) is 15.2 Å². The maximum atomic E-state index is 14.0. The molecule has 4 rings (SSSR count). The maximum absolute atomic E-state index is 14.0. The molecule has 0 atom stereocenters. The Morgan fingerprint density at radius 1 is 1.04 bits per heavy atom. The SMILES string of the molecule is OCCCc1nc([C@]2(c3ccc(Cl)cc3)C[C@@H](F)C2)nnc1-c1ccccc1. The molecule has 1 N–H and O–H groups in total. The molecule has 0 saturated heterocycles. The fourth-order valence-electron chi connectivity index (χ4n) is 3.81. The summed E-state index contributed by atoms with van der Waals surface area (Å²) in [6, 6.07) is 17.2. The first-order chi connectivity index (χ1) is 13.6. The normalized spacial score (nSPS) is 21.3. The molecule has 3 aromatic rings. The molecule has 0 bridgehead atoms. The first-order valence-corrected chi connectivity index (χ1v) is 9.81. The fraction of sp³-hybridized carbons (Fsp3) is 0.318. The lowest BCUT2D eigenvalue weighted by Crippen LogP contribution is -2.45. The molecule has 1 fully saturated rings. The molecule has 28 heavy (non-hydrogen) atoms. The van der Waals surface area contributed by atoms with Crippen molar-refractivity contribution in [2.45, 2.75) is 37.3 Å². The van der Waals surface area contributed by atoms with Crippen LogP contribution in [0.4, 0.5) is 4.39 Å². The van der Waals surface area contributed by atoms with Crippen molar-refractivity contribution in [1.29, 1.82) is 0 Å². The summed E-state index contributed by atoms with van der Waals surface area (Å²) < 4.78 is 14.0. The summed E-state index contributed by atoms with van der Waals surface area (Å²) in [6.07, 6.45) is 0.950. The summed E-state index contributed by atoms with van der Waals surface area (Å²) in [5.41, 5.74) is 2.79. The van der Waals surface area contributed by atoms with Crippen LogP contribution in [0.5, 0.6) is 0 Å². The number of hydrogen-bond donors (Lipinski definition) is 1. The van der Waals surface area contributed by atoms with Crippen LogP contribution in [0.15, 0.2) is 54.6 Å². The maximum Gasteiger partial charge on any atom is 0.161 e. The number of rotatable bonds is 6. The Morgan fingerprint density at radius 3 is 2.39 bits per heavy atom. The molecule has 4 nitrogen and oxygen atoms in total. The van der Waals surface area contributed by atoms with Gasteiger partial charge in [-0.05, 0) is 43.4 Å². The third-order valence-corrected chi connectivity index (χ3v) is 5.59. The number of halogens is 2. The number of aliphatic hydroxyl groups excluding tert-OH is 1. The molecule has 1 aromatic heterocycles. The van der Waals surface area contributed by atoms with Gasteiger partial charge in [0.05, 0.1) is 11.1 Å². The number of alkyl halides is 1. The standard InChI is InChI=1S/C22H21ClFN3O/c23-17-10-8-16(9-11-17)22(13-18(24)14-22)21-25-19(7-4-12-28)20(26-27-21)15-5-2-1-3-6-15/h1-3,5-6,8-11,18,28H,4,7,12-14H2/t18-,22-. The Kier molecular flexibility index (Phi) is 5.38. The minimum Gasteiger partial charge on any atom is -0.396 e. The van der Waals surface area contributed by atoms with E-state index in [1.165, 1.54) is 0 Å². The van der Waals surface area contributed by atoms with Crippen LogP contribution in [-0.4, -0.2) is 33.1 Å². The van der Waals surface area contributed by atoms with E-state index in [1.54, 1.807) is 0 Å². The van der Waals surface area contributed by atoms with Crippen LogP contribution >= 0.6 is 11.6 Å². The number of benzene rings is 2. The van der Waals surface area contributed by atoms with E-state index in [0.717, 1.165) is 16.8 Å². The highest BCUT2D eigenvalue weighted by Gasteiger charge is 2.50. The van der Waals surface area contributed by atoms with Gasteiger partial charge in [0.2, 0.25) is 0 Å². The first-order valence-electron chi connectivity index (χ1n) is 9.43. The lowest BCUT2D eigenvalue weighted by molar-refractivity contribution is 0.116. The summed E-state index contributed by atoms with van der Waals surface area (Å²) >= 11 is 6.03. The van der Waals surface area contributed by atoms with Crippen molar-refractivity contribution in [2.75, 3.05) is 6.61 Å². The molecule has 0 aliphatic heterocycles. The van der Waals surface area contributed by atoms with E-state index in [1.807, 2.05) is 54.6 Å². The minimum atomic E-state index is -0.881. The van der Waals surface area contributed by atoms with Gasteiger partial charge in [0.25, 0.3) is 0 Å². The van der Waals surface area contributed by atoms with Gasteiger partial charge in [-0.15, -0.1) is 10.2 Å². The molecule has 6 heteroatoms. The van der Waals surface area contributed by atoms with Gasteiger partial charge in [0.1, 0.15) is 11.9 Å². The van der Waals surface area contributed by atoms with E-state index in [9.17, 15) is 9.50 Å². The fourth-order valence-corrected chi connectivity index (χ4v) is 3.94. The second kappa shape index (κ2) is 7.94. The van der Waals surface area contributed by atoms with Gasteiger partial charge in [-0.3, -0.25) is 0 Å². The van der Waals surface area contributed by atoms with Crippen molar-refractivity contribution in [3.63, 3.8) is 0 Å².